The van der Waals surface area contributed by atoms with Crippen molar-refractivity contribution in [1.29, 1.82) is 5.26 Å². The van der Waals surface area contributed by atoms with Gasteiger partial charge < -0.3 is 18.9 Å². The summed E-state index contributed by atoms with van der Waals surface area (Å²) >= 11 is 0. The molecule has 0 N–H and O–H groups in total. The summed E-state index contributed by atoms with van der Waals surface area (Å²) in [5, 5.41) is 9.43. The van der Waals surface area contributed by atoms with Crippen LogP contribution in [0.1, 0.15) is 43.9 Å². The van der Waals surface area contributed by atoms with Crippen LogP contribution in [0.3, 0.4) is 0 Å². The maximum atomic E-state index is 9.43. The van der Waals surface area contributed by atoms with Gasteiger partial charge in [0.1, 0.15) is 29.5 Å². The fraction of sp³-hybridized carbons (Fsp3) is 0.367. The zero-order valence-corrected chi connectivity index (χ0v) is 20.4. The maximum absolute atomic E-state index is 9.43. The van der Waals surface area contributed by atoms with Crippen LogP contribution in [0.2, 0.25) is 0 Å². The summed E-state index contributed by atoms with van der Waals surface area (Å²) in [5.74, 6) is -0.759. The van der Waals surface area contributed by atoms with Crippen molar-refractivity contribution >= 4 is 0 Å². The minimum absolute atomic E-state index is 0.226. The second-order valence-corrected chi connectivity index (χ2v) is 9.84. The lowest BCUT2D eigenvalue weighted by Crippen LogP contribution is -2.44. The lowest BCUT2D eigenvalue weighted by molar-refractivity contribution is -0.208. The van der Waals surface area contributed by atoms with Gasteiger partial charge in [-0.25, -0.2) is 0 Å². The molecule has 2 aliphatic heterocycles. The predicted molar refractivity (Wildman–Crippen MR) is 132 cm³/mol. The summed E-state index contributed by atoms with van der Waals surface area (Å²) in [5.41, 5.74) is 1.50. The summed E-state index contributed by atoms with van der Waals surface area (Å²) < 4.78 is 25.9. The highest BCUT2D eigenvalue weighted by Gasteiger charge is 2.63. The zero-order chi connectivity index (χ0) is 24.5. The quantitative estimate of drug-likeness (QED) is 0.423. The predicted octanol–water partition coefficient (Wildman–Crippen LogP) is 5.59. The molecule has 2 unspecified atom stereocenters. The van der Waals surface area contributed by atoms with E-state index in [0.29, 0.717) is 0 Å². The van der Waals surface area contributed by atoms with Gasteiger partial charge in [0.25, 0.3) is 0 Å². The molecule has 3 aromatic carbocycles. The topological polar surface area (TPSA) is 60.7 Å². The highest BCUT2D eigenvalue weighted by molar-refractivity contribution is 5.47. The molecule has 0 amide bonds. The summed E-state index contributed by atoms with van der Waals surface area (Å²) in [6.07, 6.45) is -0.914. The van der Waals surface area contributed by atoms with Gasteiger partial charge in [0.2, 0.25) is 0 Å². The third-order valence-corrected chi connectivity index (χ3v) is 7.04. The molecule has 0 aliphatic carbocycles. The Morgan fingerprint density at radius 3 is 1.77 bits per heavy atom. The SMILES string of the molecule is CC1(C)O[C@@H]2C(COC(c3ccccc3)(c3ccccc3)c3ccccc3)OC(CC#N)[C@]2(C)O1. The second kappa shape index (κ2) is 9.22. The first-order valence-electron chi connectivity index (χ1n) is 12.1. The molecule has 2 fully saturated rings. The molecule has 4 atom stereocenters. The zero-order valence-electron chi connectivity index (χ0n) is 20.4. The fourth-order valence-corrected chi connectivity index (χ4v) is 5.58. The van der Waals surface area contributed by atoms with Gasteiger partial charge in [-0.2, -0.15) is 5.26 Å². The maximum Gasteiger partial charge on any atom is 0.164 e. The van der Waals surface area contributed by atoms with Gasteiger partial charge in [0.15, 0.2) is 5.79 Å². The van der Waals surface area contributed by atoms with Crippen LogP contribution in [0, 0.1) is 11.3 Å². The number of hydrogen-bond donors (Lipinski definition) is 0. The van der Waals surface area contributed by atoms with Gasteiger partial charge in [-0.1, -0.05) is 91.0 Å². The summed E-state index contributed by atoms with van der Waals surface area (Å²) in [6, 6.07) is 33.0. The van der Waals surface area contributed by atoms with E-state index in [9.17, 15) is 5.26 Å². The molecule has 3 aromatic rings. The highest BCUT2D eigenvalue weighted by Crippen LogP contribution is 2.48. The first-order chi connectivity index (χ1) is 16.9. The standard InChI is InChI=1S/C30H31NO4/c1-28(2)34-27-25(33-26(19-20-31)29(27,3)35-28)21-32-30(22-13-7-4-8-14-22,23-15-9-5-10-16-23)24-17-11-6-12-18-24/h4-18,25-27H,19,21H2,1-3H3/t25?,26?,27-,29+/m1/s1. The van der Waals surface area contributed by atoms with Crippen molar-refractivity contribution in [1.82, 2.24) is 0 Å². The molecule has 5 rings (SSSR count). The van der Waals surface area contributed by atoms with Crippen molar-refractivity contribution in [3.63, 3.8) is 0 Å². The molecule has 0 radical (unpaired) electrons. The summed E-state index contributed by atoms with van der Waals surface area (Å²) in [6.45, 7) is 6.05. The van der Waals surface area contributed by atoms with Crippen LogP contribution >= 0.6 is 0 Å². The van der Waals surface area contributed by atoms with Crippen molar-refractivity contribution in [2.45, 2.75) is 62.5 Å². The average Bonchev–Trinajstić information content (AvgIpc) is 3.27. The number of ether oxygens (including phenoxy) is 4. The van der Waals surface area contributed by atoms with Gasteiger partial charge in [0.05, 0.1) is 19.1 Å². The Kier molecular flexibility index (Phi) is 6.25. The van der Waals surface area contributed by atoms with Crippen molar-refractivity contribution in [3.05, 3.63) is 108 Å². The fourth-order valence-electron chi connectivity index (χ4n) is 5.58. The van der Waals surface area contributed by atoms with E-state index in [0.717, 1.165) is 16.7 Å². The normalized spacial score (nSPS) is 27.3. The van der Waals surface area contributed by atoms with Gasteiger partial charge in [-0.15, -0.1) is 0 Å². The molecule has 0 bridgehead atoms. The van der Waals surface area contributed by atoms with E-state index < -0.39 is 29.2 Å². The van der Waals surface area contributed by atoms with E-state index in [4.69, 9.17) is 18.9 Å². The molecule has 2 aliphatic rings. The minimum Gasteiger partial charge on any atom is -0.366 e. The molecule has 2 saturated heterocycles. The van der Waals surface area contributed by atoms with Crippen LogP contribution in [0.15, 0.2) is 91.0 Å². The molecule has 180 valence electrons. The first-order valence-corrected chi connectivity index (χ1v) is 12.1. The molecular formula is C30H31NO4. The Bertz CT molecular complexity index is 1080. The third kappa shape index (κ3) is 4.17. The van der Waals surface area contributed by atoms with Gasteiger partial charge in [-0.3, -0.25) is 0 Å². The van der Waals surface area contributed by atoms with Crippen molar-refractivity contribution in [3.8, 4) is 6.07 Å². The van der Waals surface area contributed by atoms with Crippen molar-refractivity contribution in [2.75, 3.05) is 6.61 Å². The molecular weight excluding hydrogens is 438 g/mol. The van der Waals surface area contributed by atoms with Gasteiger partial charge in [0, 0.05) is 0 Å². The first kappa shape index (κ1) is 23.7. The van der Waals surface area contributed by atoms with Crippen LogP contribution < -0.4 is 0 Å². The van der Waals surface area contributed by atoms with Crippen molar-refractivity contribution in [2.24, 2.45) is 0 Å². The monoisotopic (exact) mass is 469 g/mol. The van der Waals surface area contributed by atoms with Gasteiger partial charge in [-0.05, 0) is 37.5 Å². The smallest absolute Gasteiger partial charge is 0.164 e. The molecule has 35 heavy (non-hydrogen) atoms. The van der Waals surface area contributed by atoms with E-state index in [-0.39, 0.29) is 19.1 Å². The van der Waals surface area contributed by atoms with E-state index in [1.54, 1.807) is 0 Å². The molecule has 0 aromatic heterocycles. The van der Waals surface area contributed by atoms with Crippen molar-refractivity contribution < 1.29 is 18.9 Å². The lowest BCUT2D eigenvalue weighted by atomic mass is 9.80. The number of nitrogens with zero attached hydrogens (tertiary/aromatic N) is 1. The largest absolute Gasteiger partial charge is 0.366 e. The minimum atomic E-state index is -0.855. The van der Waals surface area contributed by atoms with E-state index in [2.05, 4.69) is 42.5 Å². The number of hydrogen-bond acceptors (Lipinski definition) is 5. The van der Waals surface area contributed by atoms with Crippen LogP contribution in [0.4, 0.5) is 0 Å². The molecule has 0 saturated carbocycles. The number of rotatable bonds is 7. The average molecular weight is 470 g/mol. The van der Waals surface area contributed by atoms with E-state index >= 15 is 0 Å². The molecule has 0 spiro atoms. The molecule has 5 heteroatoms. The number of nitriles is 1. The molecule has 2 heterocycles. The van der Waals surface area contributed by atoms with Crippen LogP contribution in [-0.4, -0.2) is 36.3 Å². The Labute approximate surface area is 207 Å². The van der Waals surface area contributed by atoms with Gasteiger partial charge >= 0.3 is 0 Å². The Morgan fingerprint density at radius 1 is 0.829 bits per heavy atom. The van der Waals surface area contributed by atoms with E-state index in [1.165, 1.54) is 0 Å². The van der Waals surface area contributed by atoms with Crippen LogP contribution in [0.25, 0.3) is 0 Å². The Hall–Kier alpha value is -3.01. The summed E-state index contributed by atoms with van der Waals surface area (Å²) in [4.78, 5) is 0. The van der Waals surface area contributed by atoms with Crippen LogP contribution in [-0.2, 0) is 24.5 Å². The summed E-state index contributed by atoms with van der Waals surface area (Å²) in [7, 11) is 0. The van der Waals surface area contributed by atoms with E-state index in [1.807, 2.05) is 75.4 Å². The third-order valence-electron chi connectivity index (χ3n) is 7.04. The van der Waals surface area contributed by atoms with Crippen LogP contribution in [0.5, 0.6) is 0 Å². The Balaban J connectivity index is 1.56. The number of benzene rings is 3. The highest BCUT2D eigenvalue weighted by atomic mass is 16.8. The molecule has 5 nitrogen and oxygen atoms in total. The second-order valence-electron chi connectivity index (χ2n) is 9.84. The Morgan fingerprint density at radius 2 is 1.31 bits per heavy atom. The number of fused-ring (bicyclic) bond motifs is 1. The lowest BCUT2D eigenvalue weighted by Gasteiger charge is -2.37.